The maximum Gasteiger partial charge on any atom is 0.159 e. The SMILES string of the molecule is Cc1cc(C)cc(-c2cc(F)c(F)cc2C=O)c1. The smallest absolute Gasteiger partial charge is 0.159 e. The molecule has 1 nitrogen and oxygen atoms in total. The molecule has 0 aliphatic carbocycles. The van der Waals surface area contributed by atoms with Crippen LogP contribution in [0.1, 0.15) is 21.5 Å². The van der Waals surface area contributed by atoms with Gasteiger partial charge in [-0.25, -0.2) is 8.78 Å². The van der Waals surface area contributed by atoms with Crippen LogP contribution in [0.2, 0.25) is 0 Å². The second-order valence-electron chi connectivity index (χ2n) is 4.35. The summed E-state index contributed by atoms with van der Waals surface area (Å²) in [6.07, 6.45) is 0.537. The summed E-state index contributed by atoms with van der Waals surface area (Å²) in [5, 5.41) is 0. The second kappa shape index (κ2) is 4.69. The van der Waals surface area contributed by atoms with Crippen LogP contribution in [0.3, 0.4) is 0 Å². The molecule has 0 atom stereocenters. The van der Waals surface area contributed by atoms with Crippen molar-refractivity contribution in [2.45, 2.75) is 13.8 Å². The average Bonchev–Trinajstić information content (AvgIpc) is 2.30. The van der Waals surface area contributed by atoms with Gasteiger partial charge in [-0.3, -0.25) is 4.79 Å². The largest absolute Gasteiger partial charge is 0.298 e. The monoisotopic (exact) mass is 246 g/mol. The van der Waals surface area contributed by atoms with Gasteiger partial charge in [-0.05, 0) is 37.1 Å². The van der Waals surface area contributed by atoms with Gasteiger partial charge in [-0.15, -0.1) is 0 Å². The van der Waals surface area contributed by atoms with Gasteiger partial charge in [0.15, 0.2) is 17.9 Å². The van der Waals surface area contributed by atoms with Gasteiger partial charge in [-0.2, -0.15) is 0 Å². The number of rotatable bonds is 2. The van der Waals surface area contributed by atoms with Gasteiger partial charge in [-0.1, -0.05) is 29.3 Å². The normalized spacial score (nSPS) is 10.4. The van der Waals surface area contributed by atoms with Crippen molar-refractivity contribution in [3.05, 3.63) is 58.7 Å². The quantitative estimate of drug-likeness (QED) is 0.730. The van der Waals surface area contributed by atoms with Crippen LogP contribution in [0.5, 0.6) is 0 Å². The molecule has 0 saturated heterocycles. The highest BCUT2D eigenvalue weighted by Crippen LogP contribution is 2.27. The number of aldehydes is 1. The number of halogens is 2. The Labute approximate surface area is 104 Å². The van der Waals surface area contributed by atoms with Crippen molar-refractivity contribution < 1.29 is 13.6 Å². The van der Waals surface area contributed by atoms with Gasteiger partial charge in [0, 0.05) is 5.56 Å². The lowest BCUT2D eigenvalue weighted by Crippen LogP contribution is -1.94. The van der Waals surface area contributed by atoms with Crippen LogP contribution >= 0.6 is 0 Å². The van der Waals surface area contributed by atoms with E-state index in [9.17, 15) is 13.6 Å². The average molecular weight is 246 g/mol. The predicted octanol–water partition coefficient (Wildman–Crippen LogP) is 4.06. The van der Waals surface area contributed by atoms with Crippen molar-refractivity contribution in [1.29, 1.82) is 0 Å². The molecule has 18 heavy (non-hydrogen) atoms. The van der Waals surface area contributed by atoms with Crippen LogP contribution < -0.4 is 0 Å². The molecule has 2 aromatic rings. The van der Waals surface area contributed by atoms with Crippen molar-refractivity contribution in [2.24, 2.45) is 0 Å². The standard InChI is InChI=1S/C15H12F2O/c1-9-3-10(2)5-11(4-9)13-7-15(17)14(16)6-12(13)8-18/h3-8H,1-2H3. The van der Waals surface area contributed by atoms with Crippen LogP contribution in [0.4, 0.5) is 8.78 Å². The summed E-state index contributed by atoms with van der Waals surface area (Å²) in [5.74, 6) is -1.96. The number of benzene rings is 2. The third-order valence-electron chi connectivity index (χ3n) is 2.75. The van der Waals surface area contributed by atoms with Gasteiger partial charge in [0.05, 0.1) is 0 Å². The zero-order valence-electron chi connectivity index (χ0n) is 10.1. The van der Waals surface area contributed by atoms with Gasteiger partial charge in [0.2, 0.25) is 0 Å². The third-order valence-corrected chi connectivity index (χ3v) is 2.75. The Morgan fingerprint density at radius 2 is 1.44 bits per heavy atom. The molecule has 0 heterocycles. The molecule has 0 spiro atoms. The molecule has 0 bridgehead atoms. The lowest BCUT2D eigenvalue weighted by molar-refractivity contribution is 0.112. The fourth-order valence-electron chi connectivity index (χ4n) is 2.04. The first kappa shape index (κ1) is 12.4. The molecule has 2 rings (SSSR count). The van der Waals surface area contributed by atoms with Crippen molar-refractivity contribution in [1.82, 2.24) is 0 Å². The zero-order valence-corrected chi connectivity index (χ0v) is 10.1. The Balaban J connectivity index is 2.69. The summed E-state index contributed by atoms with van der Waals surface area (Å²) < 4.78 is 26.4. The first-order chi connectivity index (χ1) is 8.51. The number of carbonyl (C=O) groups excluding carboxylic acids is 1. The lowest BCUT2D eigenvalue weighted by atomic mass is 9.97. The van der Waals surface area contributed by atoms with E-state index in [1.807, 2.05) is 32.0 Å². The fourth-order valence-corrected chi connectivity index (χ4v) is 2.04. The highest BCUT2D eigenvalue weighted by Gasteiger charge is 2.11. The maximum absolute atomic E-state index is 13.3. The number of aryl methyl sites for hydroxylation is 2. The molecule has 0 fully saturated rings. The molecule has 2 aromatic carbocycles. The van der Waals surface area contributed by atoms with Crippen molar-refractivity contribution >= 4 is 6.29 Å². The molecule has 0 unspecified atom stereocenters. The minimum Gasteiger partial charge on any atom is -0.298 e. The summed E-state index contributed by atoms with van der Waals surface area (Å²) in [4.78, 5) is 10.9. The molecule has 0 N–H and O–H groups in total. The van der Waals surface area contributed by atoms with Crippen LogP contribution in [-0.2, 0) is 0 Å². The van der Waals surface area contributed by atoms with Gasteiger partial charge < -0.3 is 0 Å². The molecule has 3 heteroatoms. The maximum atomic E-state index is 13.3. The summed E-state index contributed by atoms with van der Waals surface area (Å²) in [5.41, 5.74) is 3.29. The zero-order chi connectivity index (χ0) is 13.3. The Kier molecular flexibility index (Phi) is 3.24. The van der Waals surface area contributed by atoms with E-state index in [1.54, 1.807) is 0 Å². The van der Waals surface area contributed by atoms with E-state index in [0.29, 0.717) is 17.4 Å². The summed E-state index contributed by atoms with van der Waals surface area (Å²) in [6.45, 7) is 3.83. The third kappa shape index (κ3) is 2.30. The molecular formula is C15H12F2O. The molecule has 0 aliphatic rings. The van der Waals surface area contributed by atoms with Crippen LogP contribution in [-0.4, -0.2) is 6.29 Å². The molecule has 0 saturated carbocycles. The van der Waals surface area contributed by atoms with Gasteiger partial charge in [0.1, 0.15) is 0 Å². The van der Waals surface area contributed by atoms with E-state index in [2.05, 4.69) is 0 Å². The van der Waals surface area contributed by atoms with Gasteiger partial charge >= 0.3 is 0 Å². The summed E-state index contributed by atoms with van der Waals surface area (Å²) in [7, 11) is 0. The van der Waals surface area contributed by atoms with E-state index in [1.165, 1.54) is 0 Å². The van der Waals surface area contributed by atoms with Crippen LogP contribution in [0.25, 0.3) is 11.1 Å². The lowest BCUT2D eigenvalue weighted by Gasteiger charge is -2.08. The van der Waals surface area contributed by atoms with Gasteiger partial charge in [0.25, 0.3) is 0 Å². The highest BCUT2D eigenvalue weighted by molar-refractivity contribution is 5.87. The van der Waals surface area contributed by atoms with Crippen LogP contribution in [0.15, 0.2) is 30.3 Å². The number of hydrogen-bond acceptors (Lipinski definition) is 1. The summed E-state index contributed by atoms with van der Waals surface area (Å²) >= 11 is 0. The molecule has 0 amide bonds. The highest BCUT2D eigenvalue weighted by atomic mass is 19.2. The topological polar surface area (TPSA) is 17.1 Å². The Bertz CT molecular complexity index is 598. The van der Waals surface area contributed by atoms with E-state index >= 15 is 0 Å². The van der Waals surface area contributed by atoms with Crippen molar-refractivity contribution in [3.8, 4) is 11.1 Å². The number of hydrogen-bond donors (Lipinski definition) is 0. The van der Waals surface area contributed by atoms with Crippen LogP contribution in [0, 0.1) is 25.5 Å². The Hall–Kier alpha value is -2.03. The van der Waals surface area contributed by atoms with E-state index in [4.69, 9.17) is 0 Å². The van der Waals surface area contributed by atoms with E-state index in [-0.39, 0.29) is 5.56 Å². The first-order valence-electron chi connectivity index (χ1n) is 5.54. The molecular weight excluding hydrogens is 234 g/mol. The first-order valence-corrected chi connectivity index (χ1v) is 5.54. The molecule has 0 aliphatic heterocycles. The Morgan fingerprint density at radius 1 is 0.889 bits per heavy atom. The van der Waals surface area contributed by atoms with Crippen molar-refractivity contribution in [2.75, 3.05) is 0 Å². The minimum atomic E-state index is -1.01. The predicted molar refractivity (Wildman–Crippen MR) is 66.7 cm³/mol. The van der Waals surface area contributed by atoms with E-state index in [0.717, 1.165) is 23.3 Å². The van der Waals surface area contributed by atoms with Crippen molar-refractivity contribution in [3.63, 3.8) is 0 Å². The fraction of sp³-hybridized carbons (Fsp3) is 0.133. The number of carbonyl (C=O) groups is 1. The summed E-state index contributed by atoms with van der Waals surface area (Å²) in [6, 6.07) is 7.64. The van der Waals surface area contributed by atoms with E-state index < -0.39 is 11.6 Å². The minimum absolute atomic E-state index is 0.152. The molecule has 0 aromatic heterocycles. The molecule has 92 valence electrons. The molecule has 0 radical (unpaired) electrons. The Morgan fingerprint density at radius 3 is 2.00 bits per heavy atom. The second-order valence-corrected chi connectivity index (χ2v) is 4.35.